The van der Waals surface area contributed by atoms with Crippen molar-refractivity contribution >= 4 is 49.7 Å². The number of anilines is 1. The number of nitrogens with zero attached hydrogens (tertiary/aromatic N) is 4. The molecule has 4 rings (SSSR count). The molecule has 2 heterocycles. The average molecular weight is 456 g/mol. The number of nitrogens with one attached hydrogen (secondary N) is 1. The highest BCUT2D eigenvalue weighted by Crippen LogP contribution is 2.33. The molecule has 0 fully saturated rings. The number of halogens is 1. The van der Waals surface area contributed by atoms with Crippen LogP contribution in [0, 0.1) is 0 Å². The monoisotopic (exact) mass is 455 g/mol. The highest BCUT2D eigenvalue weighted by molar-refractivity contribution is 7.92. The minimum atomic E-state index is -3.99. The third-order valence-corrected chi connectivity index (χ3v) is 5.81. The normalized spacial score (nSPS) is 11.8. The Bertz CT molecular complexity index is 1430. The van der Waals surface area contributed by atoms with Gasteiger partial charge < -0.3 is 10.2 Å². The van der Waals surface area contributed by atoms with Gasteiger partial charge in [-0.05, 0) is 42.5 Å². The van der Waals surface area contributed by atoms with E-state index in [-0.39, 0.29) is 32.9 Å². The van der Waals surface area contributed by atoms with Crippen LogP contribution in [-0.4, -0.2) is 28.6 Å². The van der Waals surface area contributed by atoms with E-state index >= 15 is 0 Å². The Morgan fingerprint density at radius 3 is 2.58 bits per heavy atom. The molecule has 2 aromatic carbocycles. The Balaban J connectivity index is 1.62. The minimum Gasteiger partial charge on any atom is -0.508 e. The van der Waals surface area contributed by atoms with Crippen LogP contribution in [0.1, 0.15) is 0 Å². The molecular formula is C20H14ClN5O4S. The zero-order chi connectivity index (χ0) is 22.0. The zero-order valence-electron chi connectivity index (χ0n) is 15.6. The maximum absolute atomic E-state index is 12.6. The summed E-state index contributed by atoms with van der Waals surface area (Å²) in [5, 5.41) is 28.0. The van der Waals surface area contributed by atoms with Gasteiger partial charge >= 0.3 is 0 Å². The molecule has 11 heteroatoms. The number of aromatic nitrogens is 2. The highest BCUT2D eigenvalue weighted by Gasteiger charge is 2.17. The van der Waals surface area contributed by atoms with E-state index in [0.29, 0.717) is 16.6 Å². The van der Waals surface area contributed by atoms with Crippen molar-refractivity contribution < 1.29 is 18.6 Å². The molecule has 0 spiro atoms. The number of benzene rings is 2. The molecule has 0 amide bonds. The fourth-order valence-corrected chi connectivity index (χ4v) is 4.03. The van der Waals surface area contributed by atoms with Gasteiger partial charge in [0.2, 0.25) is 0 Å². The summed E-state index contributed by atoms with van der Waals surface area (Å²) in [6, 6.07) is 13.3. The van der Waals surface area contributed by atoms with Crippen LogP contribution in [0.25, 0.3) is 10.9 Å². The van der Waals surface area contributed by atoms with Gasteiger partial charge in [0.05, 0.1) is 16.9 Å². The molecule has 0 aliphatic rings. The summed E-state index contributed by atoms with van der Waals surface area (Å²) in [5.74, 6) is -0.00880. The van der Waals surface area contributed by atoms with Gasteiger partial charge in [0.25, 0.3) is 10.0 Å². The largest absolute Gasteiger partial charge is 0.508 e. The SMILES string of the molecule is O=S(=O)(Nc1cccc(O)c1)c1cnc(/N=N/c2ccc(O)c3cccnc23)c(Cl)c1. The van der Waals surface area contributed by atoms with Crippen molar-refractivity contribution in [2.24, 2.45) is 10.2 Å². The molecule has 0 saturated heterocycles. The van der Waals surface area contributed by atoms with Crippen LogP contribution in [0.5, 0.6) is 11.5 Å². The maximum atomic E-state index is 12.6. The molecule has 9 nitrogen and oxygen atoms in total. The van der Waals surface area contributed by atoms with Gasteiger partial charge in [0.1, 0.15) is 27.6 Å². The van der Waals surface area contributed by atoms with Crippen LogP contribution in [0.3, 0.4) is 0 Å². The van der Waals surface area contributed by atoms with E-state index in [1.165, 1.54) is 36.4 Å². The molecule has 2 aromatic heterocycles. The second kappa shape index (κ2) is 8.17. The van der Waals surface area contributed by atoms with E-state index in [4.69, 9.17) is 11.6 Å². The van der Waals surface area contributed by atoms with Crippen LogP contribution in [0.4, 0.5) is 17.2 Å². The molecule has 4 aromatic rings. The number of phenolic OH excluding ortho intramolecular Hbond substituents is 2. The lowest BCUT2D eigenvalue weighted by Crippen LogP contribution is -2.13. The van der Waals surface area contributed by atoms with E-state index < -0.39 is 10.0 Å². The van der Waals surface area contributed by atoms with Gasteiger partial charge in [-0.15, -0.1) is 10.2 Å². The second-order valence-corrected chi connectivity index (χ2v) is 8.43. The Morgan fingerprint density at radius 2 is 1.81 bits per heavy atom. The van der Waals surface area contributed by atoms with E-state index in [1.54, 1.807) is 24.4 Å². The predicted molar refractivity (Wildman–Crippen MR) is 116 cm³/mol. The molecule has 0 atom stereocenters. The van der Waals surface area contributed by atoms with Gasteiger partial charge in [-0.2, -0.15) is 0 Å². The fourth-order valence-electron chi connectivity index (χ4n) is 2.74. The summed E-state index contributed by atoms with van der Waals surface area (Å²) in [6.45, 7) is 0. The first kappa shape index (κ1) is 20.5. The highest BCUT2D eigenvalue weighted by atomic mass is 35.5. The summed E-state index contributed by atoms with van der Waals surface area (Å²) in [6.07, 6.45) is 2.66. The smallest absolute Gasteiger partial charge is 0.263 e. The van der Waals surface area contributed by atoms with Crippen molar-refractivity contribution in [1.29, 1.82) is 0 Å². The molecule has 0 aliphatic carbocycles. The van der Waals surface area contributed by atoms with Crippen molar-refractivity contribution in [2.45, 2.75) is 4.90 Å². The quantitative estimate of drug-likeness (QED) is 0.365. The Morgan fingerprint density at radius 1 is 0.968 bits per heavy atom. The van der Waals surface area contributed by atoms with Crippen LogP contribution >= 0.6 is 11.6 Å². The molecule has 3 N–H and O–H groups in total. The lowest BCUT2D eigenvalue weighted by Gasteiger charge is -2.08. The lowest BCUT2D eigenvalue weighted by molar-refractivity contribution is 0.475. The molecule has 31 heavy (non-hydrogen) atoms. The summed E-state index contributed by atoms with van der Waals surface area (Å²) in [5.41, 5.74) is 1.01. The Kier molecular flexibility index (Phi) is 5.40. The van der Waals surface area contributed by atoms with Crippen molar-refractivity contribution in [3.8, 4) is 11.5 Å². The standard InChI is InChI=1S/C20H14ClN5O4S/c21-16-10-14(31(29,30)26-12-3-1-4-13(27)9-12)11-23-20(16)25-24-17-6-7-18(28)15-5-2-8-22-19(15)17/h1-11,26-28H/b25-24+. The summed E-state index contributed by atoms with van der Waals surface area (Å²) < 4.78 is 27.4. The van der Waals surface area contributed by atoms with Gasteiger partial charge in [-0.3, -0.25) is 9.71 Å². The van der Waals surface area contributed by atoms with Crippen molar-refractivity contribution in [3.63, 3.8) is 0 Å². The third-order valence-electron chi connectivity index (χ3n) is 4.18. The average Bonchev–Trinajstić information content (AvgIpc) is 2.74. The lowest BCUT2D eigenvalue weighted by atomic mass is 10.2. The van der Waals surface area contributed by atoms with Crippen LogP contribution in [0.15, 0.2) is 82.1 Å². The van der Waals surface area contributed by atoms with Crippen molar-refractivity contribution in [1.82, 2.24) is 9.97 Å². The number of aromatic hydroxyl groups is 2. The molecule has 0 saturated carbocycles. The van der Waals surface area contributed by atoms with Crippen LogP contribution < -0.4 is 4.72 Å². The van der Waals surface area contributed by atoms with E-state index in [9.17, 15) is 18.6 Å². The maximum Gasteiger partial charge on any atom is 0.263 e. The number of azo groups is 1. The first-order valence-corrected chi connectivity index (χ1v) is 10.7. The van der Waals surface area contributed by atoms with E-state index in [1.807, 2.05) is 0 Å². The zero-order valence-corrected chi connectivity index (χ0v) is 17.2. The third kappa shape index (κ3) is 4.39. The molecule has 0 bridgehead atoms. The first-order valence-electron chi connectivity index (χ1n) is 8.79. The first-order chi connectivity index (χ1) is 14.8. The Labute approximate surface area is 181 Å². The van der Waals surface area contributed by atoms with Gasteiger partial charge in [-0.1, -0.05) is 17.7 Å². The van der Waals surface area contributed by atoms with Crippen LogP contribution in [0.2, 0.25) is 5.02 Å². The fraction of sp³-hybridized carbons (Fsp3) is 0. The predicted octanol–water partition coefficient (Wildman–Crippen LogP) is 4.91. The van der Waals surface area contributed by atoms with E-state index in [2.05, 4.69) is 24.9 Å². The number of sulfonamides is 1. The molecule has 0 aliphatic heterocycles. The summed E-state index contributed by atoms with van der Waals surface area (Å²) in [4.78, 5) is 8.00. The van der Waals surface area contributed by atoms with Crippen LogP contribution in [-0.2, 0) is 10.0 Å². The molecule has 156 valence electrons. The number of rotatable bonds is 5. The topological polar surface area (TPSA) is 137 Å². The van der Waals surface area contributed by atoms with Gasteiger partial charge in [0.15, 0.2) is 5.82 Å². The number of hydrogen-bond donors (Lipinski definition) is 3. The minimum absolute atomic E-state index is 0.00938. The molecule has 0 radical (unpaired) electrons. The molecular weight excluding hydrogens is 442 g/mol. The number of fused-ring (bicyclic) bond motifs is 1. The summed E-state index contributed by atoms with van der Waals surface area (Å²) in [7, 11) is -3.99. The second-order valence-electron chi connectivity index (χ2n) is 6.34. The molecule has 0 unspecified atom stereocenters. The number of phenols is 2. The Hall–Kier alpha value is -3.76. The van der Waals surface area contributed by atoms with Gasteiger partial charge in [-0.25, -0.2) is 13.4 Å². The van der Waals surface area contributed by atoms with E-state index in [0.717, 1.165) is 6.20 Å². The summed E-state index contributed by atoms with van der Waals surface area (Å²) >= 11 is 6.17. The van der Waals surface area contributed by atoms with Gasteiger partial charge in [0, 0.05) is 17.6 Å². The van der Waals surface area contributed by atoms with Crippen molar-refractivity contribution in [3.05, 3.63) is 72.0 Å². The number of hydrogen-bond acceptors (Lipinski definition) is 8. The number of pyridine rings is 2. The van der Waals surface area contributed by atoms with Crippen molar-refractivity contribution in [2.75, 3.05) is 4.72 Å².